The molecule has 1 aromatic heterocycles. The van der Waals surface area contributed by atoms with Gasteiger partial charge < -0.3 is 20.4 Å². The Morgan fingerprint density at radius 3 is 2.21 bits per heavy atom. The van der Waals surface area contributed by atoms with E-state index in [2.05, 4.69) is 26.1 Å². The van der Waals surface area contributed by atoms with Gasteiger partial charge in [-0.1, -0.05) is 17.7 Å². The van der Waals surface area contributed by atoms with Crippen molar-refractivity contribution in [3.63, 3.8) is 0 Å². The smallest absolute Gasteiger partial charge is 0.318 e. The van der Waals surface area contributed by atoms with Crippen LogP contribution in [0.2, 0.25) is 0 Å². The molecule has 8 nitrogen and oxygen atoms in total. The van der Waals surface area contributed by atoms with Crippen LogP contribution in [0.4, 0.5) is 16.2 Å². The molecule has 0 spiro atoms. The first-order valence-electron chi connectivity index (χ1n) is 8.81. The summed E-state index contributed by atoms with van der Waals surface area (Å²) in [5.74, 6) is 0.688. The van der Waals surface area contributed by atoms with Crippen LogP contribution in [0.5, 0.6) is 0 Å². The second-order valence-corrected chi connectivity index (χ2v) is 6.20. The van der Waals surface area contributed by atoms with Gasteiger partial charge in [-0.3, -0.25) is 4.79 Å². The highest BCUT2D eigenvalue weighted by molar-refractivity contribution is 5.92. The minimum atomic E-state index is -0.304. The number of aryl methyl sites for hydroxylation is 2. The molecule has 3 aromatic rings. The van der Waals surface area contributed by atoms with Crippen molar-refractivity contribution in [2.75, 3.05) is 17.7 Å². The fraction of sp³-hybridized carbons (Fsp3) is 0.200. The molecule has 28 heavy (non-hydrogen) atoms. The van der Waals surface area contributed by atoms with Crippen LogP contribution < -0.4 is 16.0 Å². The summed E-state index contributed by atoms with van der Waals surface area (Å²) in [6, 6.07) is 14.3. The van der Waals surface area contributed by atoms with Gasteiger partial charge in [0.25, 0.3) is 0 Å². The van der Waals surface area contributed by atoms with Crippen LogP contribution in [0, 0.1) is 6.92 Å². The van der Waals surface area contributed by atoms with Gasteiger partial charge in [-0.25, -0.2) is 4.79 Å². The Morgan fingerprint density at radius 1 is 0.929 bits per heavy atom. The number of amides is 3. The molecule has 0 aliphatic heterocycles. The zero-order chi connectivity index (χ0) is 19.9. The summed E-state index contributed by atoms with van der Waals surface area (Å²) in [7, 11) is 1.54. The van der Waals surface area contributed by atoms with Crippen LogP contribution >= 0.6 is 0 Å². The molecule has 0 unspecified atom stereocenters. The lowest BCUT2D eigenvalue weighted by Crippen LogP contribution is -2.24. The minimum Gasteiger partial charge on any atom is -0.421 e. The van der Waals surface area contributed by atoms with E-state index in [1.807, 2.05) is 31.2 Å². The van der Waals surface area contributed by atoms with Crippen molar-refractivity contribution < 1.29 is 14.0 Å². The third-order valence-electron chi connectivity index (χ3n) is 3.98. The molecule has 0 radical (unpaired) electrons. The topological polar surface area (TPSA) is 109 Å². The predicted octanol–water partition coefficient (Wildman–Crippen LogP) is 3.37. The standard InChI is InChI=1S/C20H21N5O3/c1-13-3-5-14(6-4-13)19-25-24-18(28-19)12-11-17(26)22-15-7-9-16(10-8-15)23-20(27)21-2/h3-10H,11-12H2,1-2H3,(H,22,26)(H2,21,23,27). The van der Waals surface area contributed by atoms with Crippen LogP contribution in [-0.4, -0.2) is 29.2 Å². The maximum atomic E-state index is 12.1. The van der Waals surface area contributed by atoms with Crippen LogP contribution in [0.3, 0.4) is 0 Å². The lowest BCUT2D eigenvalue weighted by atomic mass is 10.1. The summed E-state index contributed by atoms with van der Waals surface area (Å²) in [4.78, 5) is 23.4. The molecule has 2 aromatic carbocycles. The molecule has 0 atom stereocenters. The number of urea groups is 1. The molecule has 0 aliphatic carbocycles. The van der Waals surface area contributed by atoms with Gasteiger partial charge in [-0.05, 0) is 43.3 Å². The Hall–Kier alpha value is -3.68. The lowest BCUT2D eigenvalue weighted by molar-refractivity contribution is -0.116. The van der Waals surface area contributed by atoms with Crippen molar-refractivity contribution in [1.29, 1.82) is 0 Å². The van der Waals surface area contributed by atoms with Gasteiger partial charge in [0.15, 0.2) is 0 Å². The van der Waals surface area contributed by atoms with Gasteiger partial charge in [-0.15, -0.1) is 10.2 Å². The molecule has 8 heteroatoms. The first kappa shape index (κ1) is 19.1. The SMILES string of the molecule is CNC(=O)Nc1ccc(NC(=O)CCc2nnc(-c3ccc(C)cc3)o2)cc1. The van der Waals surface area contributed by atoms with E-state index >= 15 is 0 Å². The number of hydrogen-bond donors (Lipinski definition) is 3. The summed E-state index contributed by atoms with van der Waals surface area (Å²) in [6.45, 7) is 2.01. The maximum absolute atomic E-state index is 12.1. The van der Waals surface area contributed by atoms with Crippen molar-refractivity contribution in [3.05, 3.63) is 60.0 Å². The number of nitrogens with zero attached hydrogens (tertiary/aromatic N) is 2. The van der Waals surface area contributed by atoms with Gasteiger partial charge in [0.2, 0.25) is 17.7 Å². The number of nitrogens with one attached hydrogen (secondary N) is 3. The van der Waals surface area contributed by atoms with Crippen molar-refractivity contribution in [2.45, 2.75) is 19.8 Å². The molecule has 0 bridgehead atoms. The van der Waals surface area contributed by atoms with E-state index in [-0.39, 0.29) is 18.4 Å². The van der Waals surface area contributed by atoms with E-state index in [0.29, 0.717) is 29.6 Å². The second kappa shape index (κ2) is 8.81. The van der Waals surface area contributed by atoms with Gasteiger partial charge in [0, 0.05) is 36.8 Å². The van der Waals surface area contributed by atoms with Gasteiger partial charge in [0.1, 0.15) is 0 Å². The fourth-order valence-electron chi connectivity index (χ4n) is 2.44. The highest BCUT2D eigenvalue weighted by Gasteiger charge is 2.11. The number of carbonyl (C=O) groups is 2. The zero-order valence-corrected chi connectivity index (χ0v) is 15.7. The maximum Gasteiger partial charge on any atom is 0.318 e. The van der Waals surface area contributed by atoms with Crippen molar-refractivity contribution in [2.24, 2.45) is 0 Å². The van der Waals surface area contributed by atoms with Crippen LogP contribution in [0.1, 0.15) is 17.9 Å². The van der Waals surface area contributed by atoms with E-state index in [4.69, 9.17) is 4.42 Å². The van der Waals surface area contributed by atoms with Crippen molar-refractivity contribution in [3.8, 4) is 11.5 Å². The lowest BCUT2D eigenvalue weighted by Gasteiger charge is -2.07. The van der Waals surface area contributed by atoms with Crippen LogP contribution in [0.25, 0.3) is 11.5 Å². The molecule has 0 saturated carbocycles. The Morgan fingerprint density at radius 2 is 1.57 bits per heavy atom. The average molecular weight is 379 g/mol. The highest BCUT2D eigenvalue weighted by Crippen LogP contribution is 2.19. The molecule has 144 valence electrons. The monoisotopic (exact) mass is 379 g/mol. The Labute approximate surface area is 162 Å². The molecule has 0 aliphatic rings. The van der Waals surface area contributed by atoms with Gasteiger partial charge in [-0.2, -0.15) is 0 Å². The Bertz CT molecular complexity index is 949. The number of benzene rings is 2. The molecule has 0 saturated heterocycles. The van der Waals surface area contributed by atoms with E-state index in [9.17, 15) is 9.59 Å². The largest absolute Gasteiger partial charge is 0.421 e. The van der Waals surface area contributed by atoms with E-state index < -0.39 is 0 Å². The number of carbonyl (C=O) groups excluding carboxylic acids is 2. The van der Waals surface area contributed by atoms with E-state index in [1.54, 1.807) is 24.3 Å². The third-order valence-corrected chi connectivity index (χ3v) is 3.98. The van der Waals surface area contributed by atoms with Crippen LogP contribution in [-0.2, 0) is 11.2 Å². The van der Waals surface area contributed by atoms with E-state index in [0.717, 1.165) is 11.1 Å². The highest BCUT2D eigenvalue weighted by atomic mass is 16.4. The predicted molar refractivity (Wildman–Crippen MR) is 106 cm³/mol. The van der Waals surface area contributed by atoms with Gasteiger partial charge >= 0.3 is 6.03 Å². The Balaban J connectivity index is 1.50. The average Bonchev–Trinajstić information content (AvgIpc) is 3.17. The molecule has 0 fully saturated rings. The molecule has 3 rings (SSSR count). The first-order chi connectivity index (χ1) is 13.5. The molecule has 3 amide bonds. The van der Waals surface area contributed by atoms with Crippen LogP contribution in [0.15, 0.2) is 52.9 Å². The fourth-order valence-corrected chi connectivity index (χ4v) is 2.44. The summed E-state index contributed by atoms with van der Waals surface area (Å²) in [6.07, 6.45) is 0.564. The van der Waals surface area contributed by atoms with E-state index in [1.165, 1.54) is 7.05 Å². The number of aromatic nitrogens is 2. The van der Waals surface area contributed by atoms with Gasteiger partial charge in [0.05, 0.1) is 0 Å². The summed E-state index contributed by atoms with van der Waals surface area (Å²) >= 11 is 0. The van der Waals surface area contributed by atoms with Crippen molar-refractivity contribution >= 4 is 23.3 Å². The molecule has 1 heterocycles. The summed E-state index contributed by atoms with van der Waals surface area (Å²) in [5.41, 5.74) is 3.27. The summed E-state index contributed by atoms with van der Waals surface area (Å²) in [5, 5.41) is 15.9. The second-order valence-electron chi connectivity index (χ2n) is 6.20. The zero-order valence-electron chi connectivity index (χ0n) is 15.7. The number of hydrogen-bond acceptors (Lipinski definition) is 5. The summed E-state index contributed by atoms with van der Waals surface area (Å²) < 4.78 is 5.63. The number of anilines is 2. The Kier molecular flexibility index (Phi) is 6.01. The third kappa shape index (κ3) is 5.16. The first-order valence-corrected chi connectivity index (χ1v) is 8.81. The quantitative estimate of drug-likeness (QED) is 0.608. The molecular formula is C20H21N5O3. The van der Waals surface area contributed by atoms with Crippen molar-refractivity contribution in [1.82, 2.24) is 15.5 Å². The normalized spacial score (nSPS) is 10.4. The minimum absolute atomic E-state index is 0.165. The number of rotatable bonds is 6. The molecule has 3 N–H and O–H groups in total. The molecular weight excluding hydrogens is 358 g/mol.